The molecule has 0 radical (unpaired) electrons. The number of H-pyrrole nitrogens is 1. The summed E-state index contributed by atoms with van der Waals surface area (Å²) < 4.78 is 55.9. The molecule has 14 heteroatoms. The van der Waals surface area contributed by atoms with Gasteiger partial charge in [-0.3, -0.25) is 9.59 Å². The van der Waals surface area contributed by atoms with E-state index >= 15 is 0 Å². The number of anilines is 1. The molecule has 0 saturated heterocycles. The van der Waals surface area contributed by atoms with Crippen molar-refractivity contribution in [3.05, 3.63) is 65.1 Å². The predicted molar refractivity (Wildman–Crippen MR) is 176 cm³/mol. The lowest BCUT2D eigenvalue weighted by Gasteiger charge is -2.40. The number of urea groups is 1. The second-order valence-electron chi connectivity index (χ2n) is 12.2. The highest BCUT2D eigenvalue weighted by Crippen LogP contribution is 2.40. The highest BCUT2D eigenvalue weighted by atomic mass is 32.1. The number of hydrogen-bond acceptors (Lipinski definition) is 4. The molecule has 9 nitrogen and oxygen atoms in total. The number of benzene rings is 2. The summed E-state index contributed by atoms with van der Waals surface area (Å²) in [6.45, 7) is 7.33. The number of nitrogens with one attached hydrogen (secondary N) is 5. The highest BCUT2D eigenvalue weighted by Gasteiger charge is 2.47. The zero-order valence-corrected chi connectivity index (χ0v) is 27.4. The van der Waals surface area contributed by atoms with Crippen LogP contribution in [0.1, 0.15) is 63.8 Å². The van der Waals surface area contributed by atoms with Crippen molar-refractivity contribution in [2.45, 2.75) is 83.6 Å². The zero-order chi connectivity index (χ0) is 34.7. The van der Waals surface area contributed by atoms with Crippen LogP contribution in [0.3, 0.4) is 0 Å². The van der Waals surface area contributed by atoms with E-state index in [4.69, 9.17) is 18.0 Å². The molecule has 1 heterocycles. The number of para-hydroxylation sites is 2. The number of hydrogen-bond donors (Lipinski definition) is 6. The predicted octanol–water partition coefficient (Wildman–Crippen LogP) is 5.72. The van der Waals surface area contributed by atoms with Crippen LogP contribution in [0.2, 0.25) is 0 Å². The van der Waals surface area contributed by atoms with Gasteiger partial charge < -0.3 is 32.0 Å². The van der Waals surface area contributed by atoms with E-state index in [0.717, 1.165) is 6.07 Å². The monoisotopic (exact) mass is 676 g/mol. The average Bonchev–Trinajstić information content (AvgIpc) is 3.39. The molecule has 1 aliphatic rings. The minimum absolute atomic E-state index is 0.0327. The Hall–Kier alpha value is -4.20. The van der Waals surface area contributed by atoms with E-state index in [9.17, 15) is 31.9 Å². The number of thiocarbonyl (C=S) groups is 1. The number of aryl methyl sites for hydroxylation is 1. The first-order valence-corrected chi connectivity index (χ1v) is 16.0. The van der Waals surface area contributed by atoms with Gasteiger partial charge in [0.25, 0.3) is 0 Å². The maximum Gasteiger partial charge on any atom is 0.418 e. The van der Waals surface area contributed by atoms with Gasteiger partial charge in [-0.25, -0.2) is 9.18 Å². The smallest absolute Gasteiger partial charge is 0.392 e. The molecule has 1 aromatic heterocycles. The maximum atomic E-state index is 14.3. The van der Waals surface area contributed by atoms with Gasteiger partial charge in [-0.2, -0.15) is 13.2 Å². The maximum absolute atomic E-state index is 14.3. The van der Waals surface area contributed by atoms with Crippen LogP contribution in [0, 0.1) is 17.7 Å². The summed E-state index contributed by atoms with van der Waals surface area (Å²) in [6.07, 6.45) is -3.49. The molecule has 47 heavy (non-hydrogen) atoms. The van der Waals surface area contributed by atoms with E-state index < -0.39 is 58.9 Å². The zero-order valence-electron chi connectivity index (χ0n) is 26.6. The number of amides is 4. The van der Waals surface area contributed by atoms with Gasteiger partial charge in [0.1, 0.15) is 17.4 Å². The molecule has 0 bridgehead atoms. The van der Waals surface area contributed by atoms with Gasteiger partial charge in [-0.05, 0) is 48.4 Å². The topological polar surface area (TPSA) is 141 Å². The van der Waals surface area contributed by atoms with Gasteiger partial charge in [-0.1, -0.05) is 77.0 Å². The second kappa shape index (κ2) is 14.3. The number of aromatic amines is 1. The first kappa shape index (κ1) is 35.7. The van der Waals surface area contributed by atoms with Crippen LogP contribution < -0.4 is 27.0 Å². The van der Waals surface area contributed by atoms with Crippen LogP contribution in [0.5, 0.6) is 0 Å². The van der Waals surface area contributed by atoms with Crippen LogP contribution in [0.25, 0.3) is 10.9 Å². The third kappa shape index (κ3) is 7.69. The van der Waals surface area contributed by atoms with Crippen LogP contribution in [0.4, 0.5) is 28.0 Å². The molecule has 1 aliphatic carbocycles. The molecule has 0 fully saturated rings. The Kier molecular flexibility index (Phi) is 10.8. The Morgan fingerprint density at radius 3 is 2.28 bits per heavy atom. The molecule has 3 aromatic rings. The van der Waals surface area contributed by atoms with Crippen molar-refractivity contribution < 1.29 is 31.9 Å². The number of carbonyl (C=O) groups is 3. The largest absolute Gasteiger partial charge is 0.418 e. The first-order chi connectivity index (χ1) is 22.1. The second-order valence-corrected chi connectivity index (χ2v) is 12.7. The number of carbonyl (C=O) groups excluding carboxylic acids is 3. The number of nitrogens with two attached hydrogens (primary N) is 1. The van der Waals surface area contributed by atoms with Crippen molar-refractivity contribution in [2.75, 3.05) is 5.32 Å². The van der Waals surface area contributed by atoms with Gasteiger partial charge in [0.05, 0.1) is 27.8 Å². The Morgan fingerprint density at radius 2 is 1.66 bits per heavy atom. The standard InChI is InChI=1S/C33H40F4N6O3S/c1-5-17(3)25(28(38)47)41-30(45)32(15-14-23-20(16-32)19-10-9-11-21(27(19)39-23)33(35,36)37)43-29(44)26(18(4)6-2)42-31(46)40-24-13-8-7-12-22(24)34/h7-13,17-18,25-26,39H,5-6,14-16H2,1-4H3,(H2,38,47)(H,41,45)(H,43,44)(H2,40,42,46)/t17-,18?,25?,26-,32+/m0/s1. The van der Waals surface area contributed by atoms with E-state index in [0.29, 0.717) is 24.1 Å². The molecule has 0 saturated carbocycles. The summed E-state index contributed by atoms with van der Waals surface area (Å²) in [5.74, 6) is -2.53. The summed E-state index contributed by atoms with van der Waals surface area (Å²) in [6, 6.07) is 6.69. The van der Waals surface area contributed by atoms with Crippen molar-refractivity contribution >= 4 is 51.6 Å². The van der Waals surface area contributed by atoms with E-state index in [-0.39, 0.29) is 46.8 Å². The average molecular weight is 677 g/mol. The lowest BCUT2D eigenvalue weighted by Crippen LogP contribution is -2.67. The van der Waals surface area contributed by atoms with Crippen molar-refractivity contribution in [1.29, 1.82) is 0 Å². The third-order valence-corrected chi connectivity index (χ3v) is 9.38. The van der Waals surface area contributed by atoms with Crippen LogP contribution in [-0.4, -0.2) is 45.4 Å². The van der Waals surface area contributed by atoms with Gasteiger partial charge in [0, 0.05) is 17.5 Å². The summed E-state index contributed by atoms with van der Waals surface area (Å²) in [7, 11) is 0. The molecular weight excluding hydrogens is 636 g/mol. The molecule has 0 aliphatic heterocycles. The van der Waals surface area contributed by atoms with E-state index in [1.54, 1.807) is 19.1 Å². The number of rotatable bonds is 11. The summed E-state index contributed by atoms with van der Waals surface area (Å²) in [5, 5.41) is 11.1. The SMILES string of the molecule is CCC(C)[C@H](NC(=O)Nc1ccccc1F)C(=O)N[C@]1(C(=O)NC(C(N)=S)[C@@H](C)CC)CCc2[nH]c3c(C(F)(F)F)cccc3c2C1. The van der Waals surface area contributed by atoms with Crippen molar-refractivity contribution in [3.8, 4) is 0 Å². The van der Waals surface area contributed by atoms with Gasteiger partial charge in [0.15, 0.2) is 0 Å². The minimum Gasteiger partial charge on any atom is -0.392 e. The Labute approximate surface area is 275 Å². The number of fused-ring (bicyclic) bond motifs is 3. The number of aromatic nitrogens is 1. The highest BCUT2D eigenvalue weighted by molar-refractivity contribution is 7.80. The van der Waals surface area contributed by atoms with Gasteiger partial charge in [-0.15, -0.1) is 0 Å². The fourth-order valence-electron chi connectivity index (χ4n) is 5.95. The lowest BCUT2D eigenvalue weighted by atomic mass is 9.78. The minimum atomic E-state index is -4.62. The molecule has 2 aromatic carbocycles. The first-order valence-electron chi connectivity index (χ1n) is 15.6. The third-order valence-electron chi connectivity index (χ3n) is 9.12. The van der Waals surface area contributed by atoms with Crippen LogP contribution in [-0.2, 0) is 28.6 Å². The van der Waals surface area contributed by atoms with Crippen LogP contribution >= 0.6 is 12.2 Å². The quantitative estimate of drug-likeness (QED) is 0.114. The lowest BCUT2D eigenvalue weighted by molar-refractivity contribution is -0.136. The van der Waals surface area contributed by atoms with E-state index in [1.807, 2.05) is 20.8 Å². The van der Waals surface area contributed by atoms with Crippen molar-refractivity contribution in [1.82, 2.24) is 20.9 Å². The number of alkyl halides is 3. The molecule has 4 amide bonds. The Balaban J connectivity index is 1.72. The normalized spacial score (nSPS) is 18.7. The molecular formula is C33H40F4N6O3S. The number of halogens is 4. The van der Waals surface area contributed by atoms with Crippen molar-refractivity contribution in [3.63, 3.8) is 0 Å². The fourth-order valence-corrected chi connectivity index (χ4v) is 6.24. The summed E-state index contributed by atoms with van der Waals surface area (Å²) >= 11 is 5.25. The molecule has 7 N–H and O–H groups in total. The Morgan fingerprint density at radius 1 is 1.00 bits per heavy atom. The molecule has 4 rings (SSSR count). The summed E-state index contributed by atoms with van der Waals surface area (Å²) in [5.41, 5.74) is 4.33. The van der Waals surface area contributed by atoms with E-state index in [2.05, 4.69) is 26.3 Å². The fraction of sp³-hybridized carbons (Fsp3) is 0.455. The van der Waals surface area contributed by atoms with Crippen LogP contribution in [0.15, 0.2) is 42.5 Å². The summed E-state index contributed by atoms with van der Waals surface area (Å²) in [4.78, 5) is 44.3. The molecule has 254 valence electrons. The van der Waals surface area contributed by atoms with Crippen molar-refractivity contribution in [2.24, 2.45) is 17.6 Å². The molecule has 2 unspecified atom stereocenters. The van der Waals surface area contributed by atoms with Gasteiger partial charge >= 0.3 is 12.2 Å². The van der Waals surface area contributed by atoms with Gasteiger partial charge in [0.2, 0.25) is 11.8 Å². The van der Waals surface area contributed by atoms with E-state index in [1.165, 1.54) is 24.3 Å². The molecule has 5 atom stereocenters. The Bertz CT molecular complexity index is 1660. The molecule has 0 spiro atoms.